The molecule has 2 atom stereocenters. The lowest BCUT2D eigenvalue weighted by molar-refractivity contribution is -0.137. The second kappa shape index (κ2) is 9.24. The summed E-state index contributed by atoms with van der Waals surface area (Å²) in [6, 6.07) is 20.6. The molecule has 0 aliphatic carbocycles. The van der Waals surface area contributed by atoms with Gasteiger partial charge < -0.3 is 15.2 Å². The van der Waals surface area contributed by atoms with Crippen LogP contribution in [0.15, 0.2) is 66.7 Å². The standard InChI is InChI=1S/C24H25NO4/c1-16(20-9-5-6-10-22(20)29-2)13-23(26)25-21(15-24(27)28)19-12-11-17-7-3-4-8-18(17)14-19/h3-12,14,16,21H,13,15H2,1-2H3,(H,25,26)(H,27,28)/t16?,21-/m0/s1. The van der Waals surface area contributed by atoms with Crippen molar-refractivity contribution in [3.63, 3.8) is 0 Å². The second-order valence-corrected chi connectivity index (χ2v) is 7.17. The summed E-state index contributed by atoms with van der Waals surface area (Å²) in [6.45, 7) is 1.96. The Morgan fingerprint density at radius 2 is 1.66 bits per heavy atom. The molecule has 1 amide bonds. The zero-order chi connectivity index (χ0) is 20.8. The highest BCUT2D eigenvalue weighted by Gasteiger charge is 2.21. The number of hydrogen-bond acceptors (Lipinski definition) is 3. The zero-order valence-electron chi connectivity index (χ0n) is 16.6. The third-order valence-electron chi connectivity index (χ3n) is 5.05. The molecule has 0 bridgehead atoms. The molecular formula is C24H25NO4. The average molecular weight is 391 g/mol. The van der Waals surface area contributed by atoms with Crippen LogP contribution in [0.2, 0.25) is 0 Å². The molecule has 3 aromatic rings. The molecule has 2 N–H and O–H groups in total. The molecule has 29 heavy (non-hydrogen) atoms. The number of carbonyl (C=O) groups is 2. The lowest BCUT2D eigenvalue weighted by Crippen LogP contribution is -2.31. The molecule has 0 fully saturated rings. The minimum atomic E-state index is -0.957. The van der Waals surface area contributed by atoms with Gasteiger partial charge >= 0.3 is 5.97 Å². The van der Waals surface area contributed by atoms with Crippen LogP contribution in [0.1, 0.15) is 42.9 Å². The molecule has 0 aromatic heterocycles. The Kier molecular flexibility index (Phi) is 6.50. The Morgan fingerprint density at radius 3 is 2.38 bits per heavy atom. The Hall–Kier alpha value is -3.34. The van der Waals surface area contributed by atoms with E-state index in [-0.39, 0.29) is 24.7 Å². The maximum atomic E-state index is 12.7. The van der Waals surface area contributed by atoms with Gasteiger partial charge in [-0.3, -0.25) is 9.59 Å². The van der Waals surface area contributed by atoms with E-state index in [0.717, 1.165) is 27.6 Å². The molecule has 0 saturated heterocycles. The van der Waals surface area contributed by atoms with E-state index < -0.39 is 12.0 Å². The first-order valence-corrected chi connectivity index (χ1v) is 9.60. The van der Waals surface area contributed by atoms with Gasteiger partial charge in [-0.15, -0.1) is 0 Å². The molecule has 0 spiro atoms. The number of hydrogen-bond donors (Lipinski definition) is 2. The van der Waals surface area contributed by atoms with E-state index in [0.29, 0.717) is 0 Å². The minimum absolute atomic E-state index is 0.0618. The van der Waals surface area contributed by atoms with E-state index >= 15 is 0 Å². The van der Waals surface area contributed by atoms with Crippen molar-refractivity contribution in [2.45, 2.75) is 31.7 Å². The predicted molar refractivity (Wildman–Crippen MR) is 113 cm³/mol. The number of nitrogens with one attached hydrogen (secondary N) is 1. The summed E-state index contributed by atoms with van der Waals surface area (Å²) in [5, 5.41) is 14.3. The lowest BCUT2D eigenvalue weighted by atomic mass is 9.95. The van der Waals surface area contributed by atoms with Gasteiger partial charge in [-0.2, -0.15) is 0 Å². The molecule has 5 nitrogen and oxygen atoms in total. The zero-order valence-corrected chi connectivity index (χ0v) is 16.6. The quantitative estimate of drug-likeness (QED) is 0.585. The molecule has 0 aliphatic heterocycles. The monoisotopic (exact) mass is 391 g/mol. The molecule has 150 valence electrons. The number of methoxy groups -OCH3 is 1. The van der Waals surface area contributed by atoms with Gasteiger partial charge in [-0.1, -0.05) is 61.5 Å². The fourth-order valence-corrected chi connectivity index (χ4v) is 3.57. The molecule has 5 heteroatoms. The van der Waals surface area contributed by atoms with Gasteiger partial charge in [0.25, 0.3) is 0 Å². The fraction of sp³-hybridized carbons (Fsp3) is 0.250. The molecule has 0 saturated carbocycles. The van der Waals surface area contributed by atoms with Crippen LogP contribution in [0.5, 0.6) is 5.75 Å². The van der Waals surface area contributed by atoms with Gasteiger partial charge in [0.05, 0.1) is 19.6 Å². The Bertz CT molecular complexity index is 1010. The van der Waals surface area contributed by atoms with Crippen molar-refractivity contribution in [2.24, 2.45) is 0 Å². The number of amides is 1. The smallest absolute Gasteiger partial charge is 0.305 e. The summed E-state index contributed by atoms with van der Waals surface area (Å²) >= 11 is 0. The van der Waals surface area contributed by atoms with Crippen LogP contribution in [-0.2, 0) is 9.59 Å². The van der Waals surface area contributed by atoms with Crippen LogP contribution in [-0.4, -0.2) is 24.1 Å². The van der Waals surface area contributed by atoms with Crippen LogP contribution in [0.4, 0.5) is 0 Å². The van der Waals surface area contributed by atoms with E-state index in [1.54, 1.807) is 7.11 Å². The first kappa shape index (κ1) is 20.4. The van der Waals surface area contributed by atoms with E-state index in [1.165, 1.54) is 0 Å². The highest BCUT2D eigenvalue weighted by molar-refractivity contribution is 5.84. The first-order chi connectivity index (χ1) is 14.0. The number of aliphatic carboxylic acids is 1. The molecule has 3 rings (SSSR count). The van der Waals surface area contributed by atoms with Gasteiger partial charge in [0.1, 0.15) is 5.75 Å². The average Bonchev–Trinajstić information content (AvgIpc) is 2.72. The molecule has 0 heterocycles. The molecule has 0 aliphatic rings. The SMILES string of the molecule is COc1ccccc1C(C)CC(=O)N[C@@H](CC(=O)O)c1ccc2ccccc2c1. The summed E-state index contributed by atoms with van der Waals surface area (Å²) in [6.07, 6.45) is 0.0667. The summed E-state index contributed by atoms with van der Waals surface area (Å²) in [4.78, 5) is 24.1. The number of ether oxygens (including phenoxy) is 1. The summed E-state index contributed by atoms with van der Waals surface area (Å²) in [7, 11) is 1.61. The normalized spacial score (nSPS) is 12.9. The topological polar surface area (TPSA) is 75.6 Å². The fourth-order valence-electron chi connectivity index (χ4n) is 3.57. The van der Waals surface area contributed by atoms with E-state index in [4.69, 9.17) is 4.74 Å². The lowest BCUT2D eigenvalue weighted by Gasteiger charge is -2.20. The largest absolute Gasteiger partial charge is 0.496 e. The van der Waals surface area contributed by atoms with Gasteiger partial charge in [0, 0.05) is 6.42 Å². The Balaban J connectivity index is 1.77. The Morgan fingerprint density at radius 1 is 0.966 bits per heavy atom. The van der Waals surface area contributed by atoms with Crippen molar-refractivity contribution in [1.82, 2.24) is 5.32 Å². The maximum Gasteiger partial charge on any atom is 0.305 e. The predicted octanol–water partition coefficient (Wildman–Crippen LogP) is 4.67. The van der Waals surface area contributed by atoms with Gasteiger partial charge in [-0.25, -0.2) is 0 Å². The van der Waals surface area contributed by atoms with Crippen molar-refractivity contribution in [3.05, 3.63) is 77.9 Å². The van der Waals surface area contributed by atoms with Crippen LogP contribution in [0.25, 0.3) is 10.8 Å². The second-order valence-electron chi connectivity index (χ2n) is 7.17. The molecule has 3 aromatic carbocycles. The number of carboxylic acid groups (broad SMARTS) is 1. The number of benzene rings is 3. The summed E-state index contributed by atoms with van der Waals surface area (Å²) in [5.74, 6) is -0.471. The van der Waals surface area contributed by atoms with Crippen LogP contribution >= 0.6 is 0 Å². The van der Waals surface area contributed by atoms with Gasteiger partial charge in [-0.05, 0) is 39.9 Å². The summed E-state index contributed by atoms with van der Waals surface area (Å²) < 4.78 is 5.38. The van der Waals surface area contributed by atoms with Crippen LogP contribution in [0.3, 0.4) is 0 Å². The maximum absolute atomic E-state index is 12.7. The van der Waals surface area contributed by atoms with Crippen molar-refractivity contribution in [1.29, 1.82) is 0 Å². The number of para-hydroxylation sites is 1. The van der Waals surface area contributed by atoms with E-state index in [2.05, 4.69) is 5.32 Å². The number of fused-ring (bicyclic) bond motifs is 1. The van der Waals surface area contributed by atoms with Gasteiger partial charge in [0.2, 0.25) is 5.91 Å². The molecule has 1 unspecified atom stereocenters. The first-order valence-electron chi connectivity index (χ1n) is 9.60. The third kappa shape index (κ3) is 5.13. The van der Waals surface area contributed by atoms with Crippen molar-refractivity contribution in [3.8, 4) is 5.75 Å². The number of carbonyl (C=O) groups excluding carboxylic acids is 1. The van der Waals surface area contributed by atoms with Crippen molar-refractivity contribution < 1.29 is 19.4 Å². The van der Waals surface area contributed by atoms with Crippen LogP contribution in [0, 0.1) is 0 Å². The third-order valence-corrected chi connectivity index (χ3v) is 5.05. The highest BCUT2D eigenvalue weighted by Crippen LogP contribution is 2.29. The summed E-state index contributed by atoms with van der Waals surface area (Å²) in [5.41, 5.74) is 1.73. The van der Waals surface area contributed by atoms with E-state index in [9.17, 15) is 14.7 Å². The van der Waals surface area contributed by atoms with E-state index in [1.807, 2.05) is 73.7 Å². The van der Waals surface area contributed by atoms with Crippen molar-refractivity contribution >= 4 is 22.6 Å². The molecule has 0 radical (unpaired) electrons. The van der Waals surface area contributed by atoms with Gasteiger partial charge in [0.15, 0.2) is 0 Å². The minimum Gasteiger partial charge on any atom is -0.496 e. The number of rotatable bonds is 8. The highest BCUT2D eigenvalue weighted by atomic mass is 16.5. The Labute approximate surface area is 170 Å². The van der Waals surface area contributed by atoms with Crippen molar-refractivity contribution in [2.75, 3.05) is 7.11 Å². The number of carboxylic acids is 1. The molecular weight excluding hydrogens is 366 g/mol. The van der Waals surface area contributed by atoms with Crippen LogP contribution < -0.4 is 10.1 Å².